The fourth-order valence-electron chi connectivity index (χ4n) is 1.12. The van der Waals surface area contributed by atoms with Gasteiger partial charge in [0.2, 0.25) is 0 Å². The first-order valence-corrected chi connectivity index (χ1v) is 11.7. The van der Waals surface area contributed by atoms with Gasteiger partial charge in [0, 0.05) is 0 Å². The van der Waals surface area contributed by atoms with E-state index in [-0.39, 0.29) is 0 Å². The summed E-state index contributed by atoms with van der Waals surface area (Å²) in [4.78, 5) is 0. The third-order valence-corrected chi connectivity index (χ3v) is 6.93. The molecule has 0 unspecified atom stereocenters. The highest BCUT2D eigenvalue weighted by Gasteiger charge is 2.24. The zero-order valence-electron chi connectivity index (χ0n) is 10.3. The standard InChI is InChI=1S/C6H19NSi2.C2H3F3O/c1-8(2,3)7-9(4,5)6;3-2(4,5)1-6/h7H,1-6H3;6H,1H2. The summed E-state index contributed by atoms with van der Waals surface area (Å²) in [6.07, 6.45) is -4.40. The maximum Gasteiger partial charge on any atom is 0.411 e. The number of aliphatic hydroxyl groups is 1. The Morgan fingerprint density at radius 3 is 1.13 bits per heavy atom. The van der Waals surface area contributed by atoms with Crippen molar-refractivity contribution < 1.29 is 18.3 Å². The largest absolute Gasteiger partial charge is 0.411 e. The maximum absolute atomic E-state index is 10.5. The van der Waals surface area contributed by atoms with E-state index in [2.05, 4.69) is 43.9 Å². The molecule has 0 aliphatic heterocycles. The molecule has 0 aromatic heterocycles. The van der Waals surface area contributed by atoms with Gasteiger partial charge in [0.05, 0.1) is 0 Å². The van der Waals surface area contributed by atoms with Crippen molar-refractivity contribution in [1.29, 1.82) is 0 Å². The smallest absolute Gasteiger partial charge is 0.387 e. The molecule has 0 rings (SSSR count). The molecule has 0 radical (unpaired) electrons. The van der Waals surface area contributed by atoms with Crippen LogP contribution >= 0.6 is 0 Å². The minimum Gasteiger partial charge on any atom is -0.387 e. The second-order valence-corrected chi connectivity index (χ2v) is 15.4. The molecule has 0 aliphatic rings. The van der Waals surface area contributed by atoms with Gasteiger partial charge in [0.1, 0.15) is 23.1 Å². The van der Waals surface area contributed by atoms with Gasteiger partial charge in [0.25, 0.3) is 0 Å². The van der Waals surface area contributed by atoms with Crippen LogP contribution in [0, 0.1) is 0 Å². The Balaban J connectivity index is 0. The van der Waals surface area contributed by atoms with Gasteiger partial charge in [-0.3, -0.25) is 0 Å². The van der Waals surface area contributed by atoms with Gasteiger partial charge < -0.3 is 9.75 Å². The van der Waals surface area contributed by atoms with E-state index in [9.17, 15) is 13.2 Å². The van der Waals surface area contributed by atoms with Crippen LogP contribution in [0.1, 0.15) is 0 Å². The molecule has 0 fully saturated rings. The average Bonchev–Trinajstić information content (AvgIpc) is 1.78. The molecule has 0 amide bonds. The molecule has 0 aromatic rings. The fourth-order valence-corrected chi connectivity index (χ4v) is 10.1. The summed E-state index contributed by atoms with van der Waals surface area (Å²) in [6.45, 7) is 12.4. The van der Waals surface area contributed by atoms with Gasteiger partial charge in [0.15, 0.2) is 0 Å². The number of nitrogens with one attached hydrogen (secondary N) is 1. The van der Waals surface area contributed by atoms with E-state index in [4.69, 9.17) is 5.11 Å². The second-order valence-electron chi connectivity index (χ2n) is 5.40. The van der Waals surface area contributed by atoms with E-state index in [1.807, 2.05) is 0 Å². The Morgan fingerprint density at radius 1 is 0.933 bits per heavy atom. The third kappa shape index (κ3) is 24.9. The van der Waals surface area contributed by atoms with Crippen molar-refractivity contribution >= 4 is 16.5 Å². The molecule has 2 nitrogen and oxygen atoms in total. The van der Waals surface area contributed by atoms with Crippen molar-refractivity contribution in [2.24, 2.45) is 0 Å². The zero-order valence-corrected chi connectivity index (χ0v) is 12.3. The monoisotopic (exact) mass is 261 g/mol. The molecule has 7 heteroatoms. The number of hydrogen-bond donors (Lipinski definition) is 2. The van der Waals surface area contributed by atoms with E-state index in [0.29, 0.717) is 0 Å². The topological polar surface area (TPSA) is 32.3 Å². The number of rotatable bonds is 2. The van der Waals surface area contributed by atoms with E-state index >= 15 is 0 Å². The molecular formula is C8H22F3NOSi2. The van der Waals surface area contributed by atoms with Gasteiger partial charge >= 0.3 is 6.18 Å². The lowest BCUT2D eigenvalue weighted by molar-refractivity contribution is -0.159. The first kappa shape index (κ1) is 17.5. The molecule has 0 atom stereocenters. The summed E-state index contributed by atoms with van der Waals surface area (Å²) in [6, 6.07) is 0. The Morgan fingerprint density at radius 2 is 1.13 bits per heavy atom. The Hall–Kier alpha value is 0.144. The summed E-state index contributed by atoms with van der Waals surface area (Å²) < 4.78 is 35.3. The van der Waals surface area contributed by atoms with Crippen molar-refractivity contribution in [1.82, 2.24) is 4.65 Å². The summed E-state index contributed by atoms with van der Waals surface area (Å²) in [5.41, 5.74) is 0. The van der Waals surface area contributed by atoms with Gasteiger partial charge in [-0.2, -0.15) is 13.2 Å². The average molecular weight is 261 g/mol. The molecule has 0 aromatic carbocycles. The summed E-state index contributed by atoms with van der Waals surface area (Å²) >= 11 is 0. The fraction of sp³-hybridized carbons (Fsp3) is 1.00. The molecule has 0 aliphatic carbocycles. The molecule has 0 spiro atoms. The molecular weight excluding hydrogens is 239 g/mol. The molecule has 0 saturated carbocycles. The van der Waals surface area contributed by atoms with Crippen LogP contribution in [0.25, 0.3) is 0 Å². The zero-order chi connectivity index (χ0) is 12.9. The van der Waals surface area contributed by atoms with Crippen LogP contribution in [-0.2, 0) is 0 Å². The molecule has 15 heavy (non-hydrogen) atoms. The molecule has 2 N–H and O–H groups in total. The lowest BCUT2D eigenvalue weighted by atomic mass is 10.7. The van der Waals surface area contributed by atoms with Crippen LogP contribution in [0.5, 0.6) is 0 Å². The first-order chi connectivity index (χ1) is 6.27. The van der Waals surface area contributed by atoms with Crippen LogP contribution in [0.2, 0.25) is 39.3 Å². The second kappa shape index (κ2) is 6.02. The third-order valence-electron chi connectivity index (χ3n) is 0.929. The van der Waals surface area contributed by atoms with Gasteiger partial charge in [-0.25, -0.2) is 0 Å². The summed E-state index contributed by atoms with van der Waals surface area (Å²) in [7, 11) is -1.96. The molecule has 94 valence electrons. The lowest BCUT2D eigenvalue weighted by Gasteiger charge is -2.28. The minimum atomic E-state index is -4.40. The molecule has 0 saturated heterocycles. The predicted octanol–water partition coefficient (Wildman–Crippen LogP) is 2.79. The highest BCUT2D eigenvalue weighted by molar-refractivity contribution is 6.90. The van der Waals surface area contributed by atoms with Crippen molar-refractivity contribution in [2.75, 3.05) is 6.61 Å². The van der Waals surface area contributed by atoms with Crippen molar-refractivity contribution in [3.8, 4) is 0 Å². The molecule has 0 heterocycles. The van der Waals surface area contributed by atoms with Gasteiger partial charge in [-0.1, -0.05) is 39.3 Å². The van der Waals surface area contributed by atoms with Crippen LogP contribution in [0.4, 0.5) is 13.2 Å². The Bertz CT molecular complexity index is 160. The van der Waals surface area contributed by atoms with Crippen LogP contribution in [-0.4, -0.2) is 34.4 Å². The van der Waals surface area contributed by atoms with Crippen molar-refractivity contribution in [3.05, 3.63) is 0 Å². The van der Waals surface area contributed by atoms with Crippen LogP contribution in [0.15, 0.2) is 0 Å². The quantitative estimate of drug-likeness (QED) is 0.749. The van der Waals surface area contributed by atoms with E-state index in [0.717, 1.165) is 0 Å². The Labute approximate surface area is 92.1 Å². The van der Waals surface area contributed by atoms with E-state index in [1.54, 1.807) is 0 Å². The number of hydrogen-bond acceptors (Lipinski definition) is 2. The first-order valence-electron chi connectivity index (χ1n) is 4.74. The SMILES string of the molecule is C[Si](C)(C)N[Si](C)(C)C.OCC(F)(F)F. The normalized spacial score (nSPS) is 13.2. The lowest BCUT2D eigenvalue weighted by Crippen LogP contribution is -2.55. The Kier molecular flexibility index (Phi) is 7.04. The van der Waals surface area contributed by atoms with Crippen molar-refractivity contribution in [3.63, 3.8) is 0 Å². The highest BCUT2D eigenvalue weighted by atomic mass is 28.4. The number of halogens is 3. The van der Waals surface area contributed by atoms with Crippen molar-refractivity contribution in [2.45, 2.75) is 45.5 Å². The minimum absolute atomic E-state index is 0.981. The highest BCUT2D eigenvalue weighted by Crippen LogP contribution is 2.11. The van der Waals surface area contributed by atoms with Crippen LogP contribution in [0.3, 0.4) is 0 Å². The van der Waals surface area contributed by atoms with E-state index < -0.39 is 29.3 Å². The predicted molar refractivity (Wildman–Crippen MR) is 63.0 cm³/mol. The van der Waals surface area contributed by atoms with E-state index in [1.165, 1.54) is 0 Å². The maximum atomic E-state index is 10.5. The summed E-state index contributed by atoms with van der Waals surface area (Å²) in [5, 5.41) is 7.28. The van der Waals surface area contributed by atoms with Gasteiger partial charge in [-0.15, -0.1) is 0 Å². The summed E-state index contributed by atoms with van der Waals surface area (Å²) in [5.74, 6) is 0. The van der Waals surface area contributed by atoms with Gasteiger partial charge in [-0.05, 0) is 0 Å². The number of alkyl halides is 3. The van der Waals surface area contributed by atoms with Crippen LogP contribution < -0.4 is 4.65 Å². The molecule has 0 bridgehead atoms. The number of aliphatic hydroxyl groups excluding tert-OH is 1.